The van der Waals surface area contributed by atoms with Gasteiger partial charge < -0.3 is 10.1 Å². The third-order valence-corrected chi connectivity index (χ3v) is 5.81. The van der Waals surface area contributed by atoms with Crippen molar-refractivity contribution in [2.75, 3.05) is 11.9 Å². The van der Waals surface area contributed by atoms with E-state index in [9.17, 15) is 18.0 Å². The monoisotopic (exact) mass is 444 g/mol. The number of amides is 1. The highest BCUT2D eigenvalue weighted by Gasteiger charge is 2.18. The van der Waals surface area contributed by atoms with Crippen molar-refractivity contribution in [3.63, 3.8) is 0 Å². The van der Waals surface area contributed by atoms with Gasteiger partial charge in [0.25, 0.3) is 5.91 Å². The van der Waals surface area contributed by atoms with Crippen LogP contribution in [0.3, 0.4) is 0 Å². The van der Waals surface area contributed by atoms with Crippen LogP contribution in [0.15, 0.2) is 47.4 Å². The van der Waals surface area contributed by atoms with Gasteiger partial charge in [0.05, 0.1) is 26.2 Å². The molecule has 2 rings (SSSR count). The molecule has 0 bridgehead atoms. The number of nitrogens with one attached hydrogen (secondary N) is 2. The Bertz CT molecular complexity index is 993. The molecule has 1 amide bonds. The standard InChI is InChI=1S/C18H18Cl2N2O5S/c1-11(2)22-28(25,26)13-6-3-5-12(9-13)18(24)27-10-16(23)21-15-8-4-7-14(19)17(15)20/h3-9,11,22H,10H2,1-2H3,(H,21,23). The van der Waals surface area contributed by atoms with E-state index in [0.717, 1.165) is 0 Å². The summed E-state index contributed by atoms with van der Waals surface area (Å²) in [5.74, 6) is -1.46. The molecule has 0 aliphatic heterocycles. The molecule has 0 radical (unpaired) electrons. The van der Waals surface area contributed by atoms with Crippen LogP contribution < -0.4 is 10.0 Å². The maximum absolute atomic E-state index is 12.2. The third kappa shape index (κ3) is 5.93. The van der Waals surface area contributed by atoms with Crippen molar-refractivity contribution in [3.05, 3.63) is 58.1 Å². The predicted octanol–water partition coefficient (Wildman–Crippen LogP) is 3.48. The van der Waals surface area contributed by atoms with Gasteiger partial charge in [-0.05, 0) is 44.2 Å². The zero-order valence-electron chi connectivity index (χ0n) is 15.0. The number of carbonyl (C=O) groups is 2. The second-order valence-corrected chi connectivity index (χ2v) is 8.53. The van der Waals surface area contributed by atoms with Crippen LogP contribution in [-0.4, -0.2) is 32.9 Å². The van der Waals surface area contributed by atoms with Gasteiger partial charge in [0.1, 0.15) is 0 Å². The summed E-state index contributed by atoms with van der Waals surface area (Å²) in [6, 6.07) is 9.75. The summed E-state index contributed by atoms with van der Waals surface area (Å²) in [4.78, 5) is 24.0. The Morgan fingerprint density at radius 3 is 2.46 bits per heavy atom. The van der Waals surface area contributed by atoms with Crippen LogP contribution in [-0.2, 0) is 19.6 Å². The molecule has 10 heteroatoms. The van der Waals surface area contributed by atoms with E-state index in [1.807, 2.05) is 0 Å². The molecule has 7 nitrogen and oxygen atoms in total. The van der Waals surface area contributed by atoms with Gasteiger partial charge in [0.15, 0.2) is 6.61 Å². The molecule has 0 aliphatic carbocycles. The molecule has 0 saturated heterocycles. The first kappa shape index (κ1) is 22.2. The highest BCUT2D eigenvalue weighted by molar-refractivity contribution is 7.89. The zero-order chi connectivity index (χ0) is 20.9. The molecule has 28 heavy (non-hydrogen) atoms. The largest absolute Gasteiger partial charge is 0.452 e. The van der Waals surface area contributed by atoms with E-state index in [2.05, 4.69) is 10.0 Å². The molecule has 0 spiro atoms. The van der Waals surface area contributed by atoms with E-state index in [0.29, 0.717) is 0 Å². The van der Waals surface area contributed by atoms with E-state index in [-0.39, 0.29) is 32.2 Å². The summed E-state index contributed by atoms with van der Waals surface area (Å²) < 4.78 is 31.8. The van der Waals surface area contributed by atoms with Crippen molar-refractivity contribution in [1.29, 1.82) is 0 Å². The van der Waals surface area contributed by atoms with Gasteiger partial charge in [-0.15, -0.1) is 0 Å². The molecule has 150 valence electrons. The number of anilines is 1. The van der Waals surface area contributed by atoms with Gasteiger partial charge in [-0.3, -0.25) is 4.79 Å². The summed E-state index contributed by atoms with van der Waals surface area (Å²) in [5, 5.41) is 2.91. The molecule has 0 unspecified atom stereocenters. The molecule has 0 aromatic heterocycles. The summed E-state index contributed by atoms with van der Waals surface area (Å²) in [7, 11) is -3.76. The first-order valence-corrected chi connectivity index (χ1v) is 10.4. The molecule has 2 N–H and O–H groups in total. The van der Waals surface area contributed by atoms with E-state index in [1.54, 1.807) is 32.0 Å². The van der Waals surface area contributed by atoms with Gasteiger partial charge in [-0.2, -0.15) is 0 Å². The van der Waals surface area contributed by atoms with E-state index in [1.165, 1.54) is 24.3 Å². The van der Waals surface area contributed by atoms with Crippen molar-refractivity contribution in [1.82, 2.24) is 4.72 Å². The van der Waals surface area contributed by atoms with E-state index in [4.69, 9.17) is 27.9 Å². The molecule has 2 aromatic rings. The number of hydrogen-bond donors (Lipinski definition) is 2. The lowest BCUT2D eigenvalue weighted by Gasteiger charge is -2.11. The van der Waals surface area contributed by atoms with Crippen molar-refractivity contribution in [2.45, 2.75) is 24.8 Å². The number of rotatable bonds is 7. The number of hydrogen-bond acceptors (Lipinski definition) is 5. The fourth-order valence-corrected chi connectivity index (χ4v) is 3.81. The lowest BCUT2D eigenvalue weighted by Crippen LogP contribution is -2.30. The summed E-state index contributed by atoms with van der Waals surface area (Å²) in [6.45, 7) is 2.78. The summed E-state index contributed by atoms with van der Waals surface area (Å²) >= 11 is 11.8. The van der Waals surface area contributed by atoms with Gasteiger partial charge in [0, 0.05) is 6.04 Å². The lowest BCUT2D eigenvalue weighted by molar-refractivity contribution is -0.119. The second-order valence-electron chi connectivity index (χ2n) is 6.03. The topological polar surface area (TPSA) is 102 Å². The first-order valence-electron chi connectivity index (χ1n) is 8.13. The van der Waals surface area contributed by atoms with Crippen LogP contribution in [0.25, 0.3) is 0 Å². The Morgan fingerprint density at radius 1 is 1.11 bits per heavy atom. The molecule has 0 atom stereocenters. The molecular formula is C18H18Cl2N2O5S. The summed E-state index contributed by atoms with van der Waals surface area (Å²) in [5.41, 5.74) is 0.281. The fourth-order valence-electron chi connectivity index (χ4n) is 2.17. The molecule has 0 fully saturated rings. The smallest absolute Gasteiger partial charge is 0.338 e. The molecule has 2 aromatic carbocycles. The minimum atomic E-state index is -3.76. The van der Waals surface area contributed by atoms with Crippen molar-refractivity contribution in [3.8, 4) is 0 Å². The van der Waals surface area contributed by atoms with Gasteiger partial charge >= 0.3 is 5.97 Å². The number of carbonyl (C=O) groups excluding carboxylic acids is 2. The SMILES string of the molecule is CC(C)NS(=O)(=O)c1cccc(C(=O)OCC(=O)Nc2cccc(Cl)c2Cl)c1. The van der Waals surface area contributed by atoms with Crippen LogP contribution in [0, 0.1) is 0 Å². The Kier molecular flexibility index (Phi) is 7.42. The van der Waals surface area contributed by atoms with Crippen LogP contribution in [0.5, 0.6) is 0 Å². The van der Waals surface area contributed by atoms with Crippen molar-refractivity contribution in [2.24, 2.45) is 0 Å². The quantitative estimate of drug-likeness (QED) is 0.636. The van der Waals surface area contributed by atoms with Crippen LogP contribution in [0.2, 0.25) is 10.0 Å². The van der Waals surface area contributed by atoms with Crippen molar-refractivity contribution >= 4 is 50.8 Å². The van der Waals surface area contributed by atoms with Gasteiger partial charge in [0.2, 0.25) is 10.0 Å². The molecule has 0 saturated carbocycles. The Labute approximate surface area is 173 Å². The molecule has 0 aliphatic rings. The Hall–Kier alpha value is -2.13. The fraction of sp³-hybridized carbons (Fsp3) is 0.222. The normalized spacial score (nSPS) is 11.3. The van der Waals surface area contributed by atoms with Crippen molar-refractivity contribution < 1.29 is 22.7 Å². The number of ether oxygens (including phenoxy) is 1. The average molecular weight is 445 g/mol. The maximum Gasteiger partial charge on any atom is 0.338 e. The highest BCUT2D eigenvalue weighted by Crippen LogP contribution is 2.29. The average Bonchev–Trinajstić information content (AvgIpc) is 2.62. The zero-order valence-corrected chi connectivity index (χ0v) is 17.4. The lowest BCUT2D eigenvalue weighted by atomic mass is 10.2. The number of sulfonamides is 1. The Balaban J connectivity index is 2.02. The first-order chi connectivity index (χ1) is 13.1. The molecule has 0 heterocycles. The minimum absolute atomic E-state index is 0.000203. The number of benzene rings is 2. The maximum atomic E-state index is 12.2. The number of halogens is 2. The van der Waals surface area contributed by atoms with Crippen LogP contribution in [0.4, 0.5) is 5.69 Å². The Morgan fingerprint density at radius 2 is 1.79 bits per heavy atom. The predicted molar refractivity (Wildman–Crippen MR) is 107 cm³/mol. The molecular weight excluding hydrogens is 427 g/mol. The van der Waals surface area contributed by atoms with Crippen LogP contribution in [0.1, 0.15) is 24.2 Å². The van der Waals surface area contributed by atoms with Gasteiger partial charge in [-0.1, -0.05) is 35.3 Å². The van der Waals surface area contributed by atoms with Crippen LogP contribution >= 0.6 is 23.2 Å². The second kappa shape index (κ2) is 9.38. The van der Waals surface area contributed by atoms with E-state index < -0.39 is 28.5 Å². The number of esters is 1. The minimum Gasteiger partial charge on any atom is -0.452 e. The summed E-state index contributed by atoms with van der Waals surface area (Å²) in [6.07, 6.45) is 0. The third-order valence-electron chi connectivity index (χ3n) is 3.33. The van der Waals surface area contributed by atoms with Gasteiger partial charge in [-0.25, -0.2) is 17.9 Å². The highest BCUT2D eigenvalue weighted by atomic mass is 35.5. The van der Waals surface area contributed by atoms with E-state index >= 15 is 0 Å².